The number of ether oxygens (including phenoxy) is 1. The minimum absolute atomic E-state index is 0. The standard InChI is InChI=1S/C18H26N4OS.HI/c1-5-23-12-16-8-6-15(7-9-16)10-20-18(19-4)21-11-17-13(2)22-14(3)24-17;/h6-9H,5,10-12H2,1-4H3,(H2,19,20,21);1H. The molecule has 0 saturated heterocycles. The van der Waals surface area contributed by atoms with Crippen LogP contribution in [0.25, 0.3) is 0 Å². The monoisotopic (exact) mass is 474 g/mol. The maximum absolute atomic E-state index is 5.41. The van der Waals surface area contributed by atoms with Gasteiger partial charge in [-0.3, -0.25) is 4.99 Å². The predicted molar refractivity (Wildman–Crippen MR) is 116 cm³/mol. The summed E-state index contributed by atoms with van der Waals surface area (Å²) in [7, 11) is 1.78. The molecule has 0 aliphatic heterocycles. The summed E-state index contributed by atoms with van der Waals surface area (Å²) < 4.78 is 5.41. The van der Waals surface area contributed by atoms with Crippen LogP contribution < -0.4 is 10.6 Å². The highest BCUT2D eigenvalue weighted by molar-refractivity contribution is 14.0. The molecule has 0 spiro atoms. The Hall–Kier alpha value is -1.19. The van der Waals surface area contributed by atoms with Crippen molar-refractivity contribution in [1.29, 1.82) is 0 Å². The quantitative estimate of drug-likeness (QED) is 0.365. The summed E-state index contributed by atoms with van der Waals surface area (Å²) in [4.78, 5) is 9.96. The molecule has 0 saturated carbocycles. The zero-order valence-corrected chi connectivity index (χ0v) is 18.4. The highest BCUT2D eigenvalue weighted by Gasteiger charge is 2.06. The fourth-order valence-electron chi connectivity index (χ4n) is 2.28. The third kappa shape index (κ3) is 7.29. The summed E-state index contributed by atoms with van der Waals surface area (Å²) in [5.74, 6) is 0.791. The van der Waals surface area contributed by atoms with Gasteiger partial charge in [0.2, 0.25) is 0 Å². The molecule has 25 heavy (non-hydrogen) atoms. The number of nitrogens with zero attached hydrogens (tertiary/aromatic N) is 2. The lowest BCUT2D eigenvalue weighted by Gasteiger charge is -2.12. The van der Waals surface area contributed by atoms with E-state index in [1.807, 2.05) is 20.8 Å². The molecule has 0 amide bonds. The van der Waals surface area contributed by atoms with Crippen molar-refractivity contribution in [3.8, 4) is 0 Å². The summed E-state index contributed by atoms with van der Waals surface area (Å²) in [6.07, 6.45) is 0. The molecule has 2 aromatic rings. The summed E-state index contributed by atoms with van der Waals surface area (Å²) in [6.45, 7) is 8.96. The Balaban J connectivity index is 0.00000312. The average Bonchev–Trinajstić information content (AvgIpc) is 2.91. The molecule has 0 radical (unpaired) electrons. The van der Waals surface area contributed by atoms with Crippen molar-refractivity contribution in [2.75, 3.05) is 13.7 Å². The van der Waals surface area contributed by atoms with E-state index in [-0.39, 0.29) is 24.0 Å². The van der Waals surface area contributed by atoms with Gasteiger partial charge >= 0.3 is 0 Å². The lowest BCUT2D eigenvalue weighted by molar-refractivity contribution is 0.134. The lowest BCUT2D eigenvalue weighted by Crippen LogP contribution is -2.36. The van der Waals surface area contributed by atoms with Crippen molar-refractivity contribution in [3.63, 3.8) is 0 Å². The van der Waals surface area contributed by atoms with Crippen LogP contribution in [0.5, 0.6) is 0 Å². The van der Waals surface area contributed by atoms with E-state index < -0.39 is 0 Å². The Kier molecular flexibility index (Phi) is 9.99. The van der Waals surface area contributed by atoms with E-state index in [1.54, 1.807) is 18.4 Å². The molecular weight excluding hydrogens is 447 g/mol. The van der Waals surface area contributed by atoms with Crippen molar-refractivity contribution in [3.05, 3.63) is 51.0 Å². The molecule has 0 bridgehead atoms. The molecule has 0 unspecified atom stereocenters. The average molecular weight is 474 g/mol. The SMILES string of the molecule is CCOCc1ccc(CNC(=NC)NCc2sc(C)nc2C)cc1.I. The van der Waals surface area contributed by atoms with Crippen LogP contribution in [0.4, 0.5) is 0 Å². The third-order valence-corrected chi connectivity index (χ3v) is 4.67. The number of benzene rings is 1. The summed E-state index contributed by atoms with van der Waals surface area (Å²) >= 11 is 1.72. The maximum Gasteiger partial charge on any atom is 0.191 e. The first-order chi connectivity index (χ1) is 11.6. The van der Waals surface area contributed by atoms with Crippen LogP contribution in [0, 0.1) is 13.8 Å². The number of hydrogen-bond acceptors (Lipinski definition) is 4. The molecule has 0 aliphatic rings. The Bertz CT molecular complexity index is 670. The van der Waals surface area contributed by atoms with Crippen molar-refractivity contribution in [2.45, 2.75) is 40.5 Å². The van der Waals surface area contributed by atoms with Gasteiger partial charge in [0, 0.05) is 25.1 Å². The van der Waals surface area contributed by atoms with Gasteiger partial charge in [0.05, 0.1) is 23.9 Å². The largest absolute Gasteiger partial charge is 0.377 e. The van der Waals surface area contributed by atoms with E-state index in [1.165, 1.54) is 16.0 Å². The van der Waals surface area contributed by atoms with E-state index in [0.29, 0.717) is 6.61 Å². The second-order valence-corrected chi connectivity index (χ2v) is 6.76. The number of rotatable bonds is 7. The number of thiazole rings is 1. The van der Waals surface area contributed by atoms with Crippen molar-refractivity contribution < 1.29 is 4.74 Å². The molecule has 5 nitrogen and oxygen atoms in total. The maximum atomic E-state index is 5.41. The van der Waals surface area contributed by atoms with Crippen molar-refractivity contribution in [2.24, 2.45) is 4.99 Å². The van der Waals surface area contributed by atoms with Gasteiger partial charge in [-0.05, 0) is 31.9 Å². The zero-order chi connectivity index (χ0) is 17.4. The first-order valence-corrected chi connectivity index (χ1v) is 8.97. The summed E-state index contributed by atoms with van der Waals surface area (Å²) in [6, 6.07) is 8.44. The number of aryl methyl sites for hydroxylation is 2. The van der Waals surface area contributed by atoms with Gasteiger partial charge in [-0.1, -0.05) is 24.3 Å². The molecule has 0 aliphatic carbocycles. The second-order valence-electron chi connectivity index (χ2n) is 5.47. The van der Waals surface area contributed by atoms with Crippen LogP contribution >= 0.6 is 35.3 Å². The van der Waals surface area contributed by atoms with Crippen molar-refractivity contribution >= 4 is 41.3 Å². The second kappa shape index (κ2) is 11.4. The molecule has 1 aromatic carbocycles. The topological polar surface area (TPSA) is 58.5 Å². The minimum Gasteiger partial charge on any atom is -0.377 e. The fraction of sp³-hybridized carbons (Fsp3) is 0.444. The Morgan fingerprint density at radius 1 is 1.12 bits per heavy atom. The Morgan fingerprint density at radius 3 is 2.32 bits per heavy atom. The molecule has 1 aromatic heterocycles. The van der Waals surface area contributed by atoms with Crippen LogP contribution in [0.1, 0.15) is 33.6 Å². The molecule has 7 heteroatoms. The summed E-state index contributed by atoms with van der Waals surface area (Å²) in [5, 5.41) is 7.77. The van der Waals surface area contributed by atoms with Crippen LogP contribution in [-0.4, -0.2) is 24.6 Å². The number of guanidine groups is 1. The van der Waals surface area contributed by atoms with Crippen LogP contribution in [0.15, 0.2) is 29.3 Å². The van der Waals surface area contributed by atoms with Gasteiger partial charge in [-0.15, -0.1) is 35.3 Å². The minimum atomic E-state index is 0. The molecule has 0 atom stereocenters. The fourth-order valence-corrected chi connectivity index (χ4v) is 3.16. The molecule has 138 valence electrons. The van der Waals surface area contributed by atoms with Gasteiger partial charge in [0.25, 0.3) is 0 Å². The van der Waals surface area contributed by atoms with Crippen LogP contribution in [0.3, 0.4) is 0 Å². The van der Waals surface area contributed by atoms with Crippen LogP contribution in [-0.2, 0) is 24.4 Å². The number of aliphatic imine (C=N–C) groups is 1. The Morgan fingerprint density at radius 2 is 1.76 bits per heavy atom. The molecule has 0 fully saturated rings. The number of halogens is 1. The van der Waals surface area contributed by atoms with Crippen LogP contribution in [0.2, 0.25) is 0 Å². The number of hydrogen-bond donors (Lipinski definition) is 2. The van der Waals surface area contributed by atoms with E-state index >= 15 is 0 Å². The highest BCUT2D eigenvalue weighted by atomic mass is 127. The first-order valence-electron chi connectivity index (χ1n) is 8.15. The zero-order valence-electron chi connectivity index (χ0n) is 15.3. The Labute approximate surface area is 171 Å². The van der Waals surface area contributed by atoms with Gasteiger partial charge in [0.15, 0.2) is 5.96 Å². The lowest BCUT2D eigenvalue weighted by atomic mass is 10.1. The van der Waals surface area contributed by atoms with Gasteiger partial charge in [-0.25, -0.2) is 4.98 Å². The highest BCUT2D eigenvalue weighted by Crippen LogP contribution is 2.16. The molecular formula is C18H27IN4OS. The third-order valence-electron chi connectivity index (χ3n) is 3.60. The summed E-state index contributed by atoms with van der Waals surface area (Å²) in [5.41, 5.74) is 3.49. The normalized spacial score (nSPS) is 11.1. The van der Waals surface area contributed by atoms with E-state index in [0.717, 1.165) is 36.4 Å². The van der Waals surface area contributed by atoms with E-state index in [9.17, 15) is 0 Å². The molecule has 2 N–H and O–H groups in total. The van der Waals surface area contributed by atoms with Gasteiger partial charge in [-0.2, -0.15) is 0 Å². The predicted octanol–water partition coefficient (Wildman–Crippen LogP) is 3.78. The van der Waals surface area contributed by atoms with Gasteiger partial charge in [0.1, 0.15) is 0 Å². The van der Waals surface area contributed by atoms with Crippen molar-refractivity contribution in [1.82, 2.24) is 15.6 Å². The van der Waals surface area contributed by atoms with E-state index in [2.05, 4.69) is 44.9 Å². The van der Waals surface area contributed by atoms with E-state index in [4.69, 9.17) is 4.74 Å². The number of aromatic nitrogens is 1. The molecule has 2 rings (SSSR count). The first kappa shape index (κ1) is 21.9. The molecule has 1 heterocycles. The van der Waals surface area contributed by atoms with Gasteiger partial charge < -0.3 is 15.4 Å². The smallest absolute Gasteiger partial charge is 0.191 e. The number of nitrogens with one attached hydrogen (secondary N) is 2.